The number of rotatable bonds is 4. The van der Waals surface area contributed by atoms with Gasteiger partial charge in [-0.05, 0) is 44.9 Å². The average molecular weight is 346 g/mol. The Labute approximate surface area is 147 Å². The summed E-state index contributed by atoms with van der Waals surface area (Å²) in [6, 6.07) is 1.98. The molecule has 2 heterocycles. The van der Waals surface area contributed by atoms with E-state index in [4.69, 9.17) is 10.3 Å². The van der Waals surface area contributed by atoms with Gasteiger partial charge in [0.2, 0.25) is 5.91 Å². The Morgan fingerprint density at radius 2 is 1.92 bits per heavy atom. The largest absolute Gasteiger partial charge is 0.360 e. The Morgan fingerprint density at radius 1 is 1.16 bits per heavy atom. The maximum Gasteiger partial charge on any atom is 0.273 e. The van der Waals surface area contributed by atoms with E-state index in [1.54, 1.807) is 6.07 Å². The van der Waals surface area contributed by atoms with Gasteiger partial charge in [0.25, 0.3) is 5.91 Å². The number of hydrogen-bond acceptors (Lipinski definition) is 5. The molecule has 2 aliphatic carbocycles. The van der Waals surface area contributed by atoms with E-state index in [0.29, 0.717) is 24.7 Å². The first kappa shape index (κ1) is 16.6. The van der Waals surface area contributed by atoms with Crippen molar-refractivity contribution in [2.75, 3.05) is 13.1 Å². The minimum Gasteiger partial charge on any atom is -0.360 e. The first-order valence-electron chi connectivity index (χ1n) is 9.42. The maximum absolute atomic E-state index is 12.6. The van der Waals surface area contributed by atoms with Crippen LogP contribution < -0.4 is 11.1 Å². The number of nitrogens with zero attached hydrogens (tertiary/aromatic N) is 2. The highest BCUT2D eigenvalue weighted by molar-refractivity contribution is 5.92. The molecule has 1 aromatic heterocycles. The molecule has 1 atom stereocenters. The standard InChI is InChI=1S/C18H26N4O3/c19-13-5-3-12(4-6-13)18(24)22-8-7-14(10-22)20-17(23)15-9-16(25-21-15)11-1-2-11/h9,11-14H,1-8,10,19H2,(H,20,23)/t12-,13-,14-/m1/s1. The molecule has 136 valence electrons. The molecule has 0 aromatic carbocycles. The van der Waals surface area contributed by atoms with Crippen LogP contribution >= 0.6 is 0 Å². The van der Waals surface area contributed by atoms with Crippen molar-refractivity contribution in [1.29, 1.82) is 0 Å². The van der Waals surface area contributed by atoms with Crippen molar-refractivity contribution in [3.63, 3.8) is 0 Å². The Balaban J connectivity index is 1.28. The lowest BCUT2D eigenvalue weighted by Crippen LogP contribution is -2.41. The van der Waals surface area contributed by atoms with E-state index in [9.17, 15) is 9.59 Å². The second-order valence-electron chi connectivity index (χ2n) is 7.74. The summed E-state index contributed by atoms with van der Waals surface area (Å²) >= 11 is 0. The van der Waals surface area contributed by atoms with E-state index in [0.717, 1.165) is 50.7 Å². The Bertz CT molecular complexity index is 647. The minimum absolute atomic E-state index is 0.0108. The van der Waals surface area contributed by atoms with Crippen LogP contribution in [0.2, 0.25) is 0 Å². The highest BCUT2D eigenvalue weighted by atomic mass is 16.5. The van der Waals surface area contributed by atoms with Gasteiger partial charge in [0.1, 0.15) is 5.76 Å². The molecule has 1 aliphatic heterocycles. The van der Waals surface area contributed by atoms with Crippen LogP contribution in [-0.4, -0.2) is 47.0 Å². The van der Waals surface area contributed by atoms with Crippen molar-refractivity contribution in [1.82, 2.24) is 15.4 Å². The molecule has 3 aliphatic rings. The van der Waals surface area contributed by atoms with E-state index < -0.39 is 0 Å². The van der Waals surface area contributed by atoms with Gasteiger partial charge >= 0.3 is 0 Å². The molecular formula is C18H26N4O3. The van der Waals surface area contributed by atoms with Crippen LogP contribution in [0.3, 0.4) is 0 Å². The minimum atomic E-state index is -0.210. The third-order valence-electron chi connectivity index (χ3n) is 5.70. The molecule has 7 heteroatoms. The summed E-state index contributed by atoms with van der Waals surface area (Å²) in [6.07, 6.45) is 6.65. The molecule has 4 rings (SSSR count). The Morgan fingerprint density at radius 3 is 2.64 bits per heavy atom. The van der Waals surface area contributed by atoms with E-state index in [2.05, 4.69) is 10.5 Å². The number of aromatic nitrogens is 1. The van der Waals surface area contributed by atoms with Crippen molar-refractivity contribution in [2.24, 2.45) is 11.7 Å². The van der Waals surface area contributed by atoms with Gasteiger partial charge < -0.3 is 20.5 Å². The van der Waals surface area contributed by atoms with Gasteiger partial charge in [-0.25, -0.2) is 0 Å². The van der Waals surface area contributed by atoms with Gasteiger partial charge in [-0.1, -0.05) is 5.16 Å². The second kappa shape index (κ2) is 6.78. The van der Waals surface area contributed by atoms with Crippen molar-refractivity contribution < 1.29 is 14.1 Å². The topological polar surface area (TPSA) is 101 Å². The van der Waals surface area contributed by atoms with Crippen LogP contribution in [0.15, 0.2) is 10.6 Å². The molecule has 1 aromatic rings. The lowest BCUT2D eigenvalue weighted by Gasteiger charge is -2.28. The molecule has 2 amide bonds. The summed E-state index contributed by atoms with van der Waals surface area (Å²) < 4.78 is 5.24. The first-order chi connectivity index (χ1) is 12.1. The van der Waals surface area contributed by atoms with Gasteiger partial charge in [0, 0.05) is 43.1 Å². The number of amides is 2. The quantitative estimate of drug-likeness (QED) is 0.858. The molecule has 3 N–H and O–H groups in total. The number of nitrogens with two attached hydrogens (primary N) is 1. The molecule has 0 radical (unpaired) electrons. The lowest BCUT2D eigenvalue weighted by molar-refractivity contribution is -0.135. The molecule has 25 heavy (non-hydrogen) atoms. The molecule has 0 unspecified atom stereocenters. The molecular weight excluding hydrogens is 320 g/mol. The SMILES string of the molecule is N[C@H]1CC[C@H](C(=O)N2CC[C@@H](NC(=O)c3cc(C4CC4)on3)C2)CC1. The van der Waals surface area contributed by atoms with Gasteiger partial charge in [-0.2, -0.15) is 0 Å². The van der Waals surface area contributed by atoms with Crippen molar-refractivity contribution in [3.05, 3.63) is 17.5 Å². The third kappa shape index (κ3) is 3.71. The van der Waals surface area contributed by atoms with Crippen molar-refractivity contribution >= 4 is 11.8 Å². The summed E-state index contributed by atoms with van der Waals surface area (Å²) in [5, 5.41) is 6.86. The molecule has 2 saturated carbocycles. The van der Waals surface area contributed by atoms with Gasteiger partial charge in [-0.15, -0.1) is 0 Å². The summed E-state index contributed by atoms with van der Waals surface area (Å²) in [4.78, 5) is 26.9. The Kier molecular flexibility index (Phi) is 4.50. The summed E-state index contributed by atoms with van der Waals surface area (Å²) in [6.45, 7) is 1.29. The average Bonchev–Trinajstić information content (AvgIpc) is 3.16. The molecule has 7 nitrogen and oxygen atoms in total. The van der Waals surface area contributed by atoms with Crippen LogP contribution in [0.25, 0.3) is 0 Å². The summed E-state index contributed by atoms with van der Waals surface area (Å²) in [7, 11) is 0. The fourth-order valence-electron chi connectivity index (χ4n) is 3.92. The third-order valence-corrected chi connectivity index (χ3v) is 5.70. The number of carbonyl (C=O) groups excluding carboxylic acids is 2. The molecule has 0 spiro atoms. The number of hydrogen-bond donors (Lipinski definition) is 2. The smallest absolute Gasteiger partial charge is 0.273 e. The summed E-state index contributed by atoms with van der Waals surface area (Å²) in [5.74, 6) is 1.37. The number of likely N-dealkylation sites (tertiary alicyclic amines) is 1. The predicted octanol–water partition coefficient (Wildman–Crippen LogP) is 1.40. The zero-order chi connectivity index (χ0) is 17.4. The van der Waals surface area contributed by atoms with E-state index in [-0.39, 0.29) is 29.8 Å². The first-order valence-corrected chi connectivity index (χ1v) is 9.42. The van der Waals surface area contributed by atoms with Crippen LogP contribution in [0.5, 0.6) is 0 Å². The van der Waals surface area contributed by atoms with Gasteiger partial charge in [0.15, 0.2) is 5.69 Å². The van der Waals surface area contributed by atoms with E-state index >= 15 is 0 Å². The van der Waals surface area contributed by atoms with Gasteiger partial charge in [-0.3, -0.25) is 9.59 Å². The lowest BCUT2D eigenvalue weighted by atomic mass is 9.85. The zero-order valence-corrected chi connectivity index (χ0v) is 14.4. The monoisotopic (exact) mass is 346 g/mol. The van der Waals surface area contributed by atoms with Gasteiger partial charge in [0.05, 0.1) is 0 Å². The van der Waals surface area contributed by atoms with Crippen molar-refractivity contribution in [3.8, 4) is 0 Å². The molecule has 3 fully saturated rings. The van der Waals surface area contributed by atoms with E-state index in [1.165, 1.54) is 0 Å². The maximum atomic E-state index is 12.6. The highest BCUT2D eigenvalue weighted by Gasteiger charge is 2.34. The van der Waals surface area contributed by atoms with E-state index in [1.807, 2.05) is 4.90 Å². The van der Waals surface area contributed by atoms with Crippen LogP contribution in [-0.2, 0) is 4.79 Å². The molecule has 0 bridgehead atoms. The summed E-state index contributed by atoms with van der Waals surface area (Å²) in [5.41, 5.74) is 6.26. The van der Waals surface area contributed by atoms with Crippen molar-refractivity contribution in [2.45, 2.75) is 62.9 Å². The second-order valence-corrected chi connectivity index (χ2v) is 7.74. The Hall–Kier alpha value is -1.89. The zero-order valence-electron chi connectivity index (χ0n) is 14.4. The number of carbonyl (C=O) groups is 2. The fraction of sp³-hybridized carbons (Fsp3) is 0.722. The van der Waals surface area contributed by atoms with Crippen LogP contribution in [0.1, 0.15) is 67.1 Å². The normalized spacial score (nSPS) is 29.6. The fourth-order valence-corrected chi connectivity index (χ4v) is 3.92. The van der Waals surface area contributed by atoms with Crippen LogP contribution in [0, 0.1) is 5.92 Å². The van der Waals surface area contributed by atoms with Crippen LogP contribution in [0.4, 0.5) is 0 Å². The molecule has 1 saturated heterocycles. The highest BCUT2D eigenvalue weighted by Crippen LogP contribution is 2.40. The predicted molar refractivity (Wildman–Crippen MR) is 90.9 cm³/mol. The number of nitrogens with one attached hydrogen (secondary N) is 1.